The molecule has 4 heterocycles. The number of nitrogens with zero attached hydrogens (tertiary/aromatic N) is 6. The van der Waals surface area contributed by atoms with Gasteiger partial charge in [-0.3, -0.25) is 14.2 Å². The van der Waals surface area contributed by atoms with E-state index in [1.54, 1.807) is 30.8 Å². The first kappa shape index (κ1) is 27.2. The third-order valence-corrected chi connectivity index (χ3v) is 9.21. The first-order chi connectivity index (χ1) is 18.7. The number of hydrogen-bond donors (Lipinski definition) is 2. The molecule has 2 N–H and O–H groups in total. The summed E-state index contributed by atoms with van der Waals surface area (Å²) in [5.74, 6) is 0.600. The Kier molecular flexibility index (Phi) is 7.65. The first-order valence-corrected chi connectivity index (χ1v) is 14.8. The summed E-state index contributed by atoms with van der Waals surface area (Å²) in [7, 11) is -3.44. The maximum Gasteiger partial charge on any atom is 0.279 e. The van der Waals surface area contributed by atoms with E-state index in [4.69, 9.17) is 4.98 Å². The molecule has 1 aliphatic heterocycles. The smallest absolute Gasteiger partial charge is 0.279 e. The molecule has 0 unspecified atom stereocenters. The Morgan fingerprint density at radius 3 is 2.41 bits per heavy atom. The zero-order valence-electron chi connectivity index (χ0n) is 22.5. The Morgan fingerprint density at radius 1 is 1.08 bits per heavy atom. The van der Waals surface area contributed by atoms with Crippen LogP contribution in [0, 0.1) is 6.92 Å². The summed E-state index contributed by atoms with van der Waals surface area (Å²) in [6.45, 7) is 7.23. The molecule has 12 nitrogen and oxygen atoms in total. The second-order valence-corrected chi connectivity index (χ2v) is 11.8. The Bertz CT molecular complexity index is 1540. The fraction of sp³-hybridized carbons (Fsp3) is 0.500. The molecule has 208 valence electrons. The number of carbonyl (C=O) groups is 1. The summed E-state index contributed by atoms with van der Waals surface area (Å²) >= 11 is 0. The largest absolute Gasteiger partial charge is 0.368 e. The van der Waals surface area contributed by atoms with Crippen molar-refractivity contribution in [2.45, 2.75) is 52.5 Å². The fourth-order valence-corrected chi connectivity index (χ4v) is 6.72. The normalized spacial score (nSPS) is 17.2. The molecule has 1 aliphatic carbocycles. The molecule has 3 aromatic heterocycles. The van der Waals surface area contributed by atoms with Gasteiger partial charge in [-0.05, 0) is 44.4 Å². The summed E-state index contributed by atoms with van der Waals surface area (Å²) in [4.78, 5) is 41.5. The lowest BCUT2D eigenvalue weighted by atomic mass is 10.0. The second kappa shape index (κ2) is 11.0. The van der Waals surface area contributed by atoms with Crippen molar-refractivity contribution in [3.63, 3.8) is 0 Å². The highest BCUT2D eigenvalue weighted by Crippen LogP contribution is 2.32. The lowest BCUT2D eigenvalue weighted by Crippen LogP contribution is -2.52. The highest BCUT2D eigenvalue weighted by Gasteiger charge is 2.27. The van der Waals surface area contributed by atoms with Crippen LogP contribution >= 0.6 is 0 Å². The van der Waals surface area contributed by atoms with E-state index in [2.05, 4.69) is 24.9 Å². The summed E-state index contributed by atoms with van der Waals surface area (Å²) < 4.78 is 30.2. The zero-order chi connectivity index (χ0) is 27.7. The lowest BCUT2D eigenvalue weighted by Gasteiger charge is -2.35. The zero-order valence-corrected chi connectivity index (χ0v) is 23.3. The number of Topliss-reactive ketones (excluding diaryl/α,β-unsaturated/α-hetero) is 1. The molecule has 5 rings (SSSR count). The standard InChI is InChI=1S/C26H34N8O4S/c1-4-29-39(37,38)33-13-11-32(12-14-33)20-9-10-22(27-15-20)30-26-28-16-21-17(2)23(18(3)35)25(36)34(24(21)31-26)19-7-5-6-8-19/h9-10,15-16,19,29H,4-8,11-14H2,1-3H3,(H,27,28,30,31). The van der Waals surface area contributed by atoms with Crippen molar-refractivity contribution >= 4 is 44.5 Å². The van der Waals surface area contributed by atoms with Crippen molar-refractivity contribution in [2.75, 3.05) is 42.9 Å². The van der Waals surface area contributed by atoms with Crippen molar-refractivity contribution < 1.29 is 13.2 Å². The van der Waals surface area contributed by atoms with Gasteiger partial charge in [0.25, 0.3) is 15.8 Å². The SMILES string of the molecule is CCNS(=O)(=O)N1CCN(c2ccc(Nc3ncc4c(C)c(C(C)=O)c(=O)n(C5CCCC5)c4n3)nc2)CC1. The summed E-state index contributed by atoms with van der Waals surface area (Å²) in [5.41, 5.74) is 1.93. The van der Waals surface area contributed by atoms with Gasteiger partial charge < -0.3 is 10.2 Å². The molecule has 0 aromatic carbocycles. The van der Waals surface area contributed by atoms with Gasteiger partial charge in [-0.1, -0.05) is 19.8 Å². The van der Waals surface area contributed by atoms with Gasteiger partial charge in [-0.2, -0.15) is 17.7 Å². The predicted octanol–water partition coefficient (Wildman–Crippen LogP) is 2.53. The molecule has 2 fully saturated rings. The van der Waals surface area contributed by atoms with Crippen molar-refractivity contribution in [1.29, 1.82) is 0 Å². The lowest BCUT2D eigenvalue weighted by molar-refractivity contribution is 0.101. The monoisotopic (exact) mass is 554 g/mol. The molecule has 13 heteroatoms. The average molecular weight is 555 g/mol. The number of carbonyl (C=O) groups excluding carboxylic acids is 1. The number of piperazine rings is 1. The molecule has 0 spiro atoms. The molecule has 1 saturated carbocycles. The second-order valence-electron chi connectivity index (χ2n) is 10.0. The van der Waals surface area contributed by atoms with Crippen LogP contribution in [0.25, 0.3) is 11.0 Å². The maximum absolute atomic E-state index is 13.4. The molecule has 0 bridgehead atoms. The molecule has 0 amide bonds. The number of aromatic nitrogens is 4. The van der Waals surface area contributed by atoms with Crippen LogP contribution in [0.1, 0.15) is 61.5 Å². The highest BCUT2D eigenvalue weighted by atomic mass is 32.2. The van der Waals surface area contributed by atoms with E-state index in [9.17, 15) is 18.0 Å². The minimum atomic E-state index is -3.44. The van der Waals surface area contributed by atoms with Crippen LogP contribution in [-0.2, 0) is 10.2 Å². The van der Waals surface area contributed by atoms with E-state index in [0.717, 1.165) is 31.4 Å². The van der Waals surface area contributed by atoms with E-state index in [1.165, 1.54) is 11.2 Å². The van der Waals surface area contributed by atoms with Gasteiger partial charge in [0.1, 0.15) is 11.5 Å². The molecule has 0 atom stereocenters. The fourth-order valence-electron chi connectivity index (χ4n) is 5.53. The first-order valence-electron chi connectivity index (χ1n) is 13.3. The van der Waals surface area contributed by atoms with Gasteiger partial charge in [0, 0.05) is 50.3 Å². The number of pyridine rings is 2. The average Bonchev–Trinajstić information content (AvgIpc) is 3.43. The minimum absolute atomic E-state index is 0.00654. The Hall–Kier alpha value is -3.42. The van der Waals surface area contributed by atoms with Gasteiger partial charge in [0.15, 0.2) is 5.78 Å². The van der Waals surface area contributed by atoms with E-state index in [0.29, 0.717) is 61.1 Å². The number of hydrogen-bond acceptors (Lipinski definition) is 9. The third kappa shape index (κ3) is 5.38. The third-order valence-electron chi connectivity index (χ3n) is 7.51. The summed E-state index contributed by atoms with van der Waals surface area (Å²) in [6.07, 6.45) is 7.22. The Labute approximate surface area is 227 Å². The van der Waals surface area contributed by atoms with Crippen molar-refractivity contribution in [3.05, 3.63) is 46.0 Å². The van der Waals surface area contributed by atoms with Crippen LogP contribution in [-0.4, -0.2) is 70.7 Å². The topological polar surface area (TPSA) is 142 Å². The van der Waals surface area contributed by atoms with Crippen LogP contribution in [0.2, 0.25) is 0 Å². The number of rotatable bonds is 8. The van der Waals surface area contributed by atoms with Gasteiger partial charge >= 0.3 is 0 Å². The minimum Gasteiger partial charge on any atom is -0.368 e. The molecule has 1 saturated heterocycles. The molecule has 39 heavy (non-hydrogen) atoms. The molecule has 2 aliphatic rings. The van der Waals surface area contributed by atoms with Gasteiger partial charge in [0.2, 0.25) is 5.95 Å². The molecular formula is C26H34N8O4S. The van der Waals surface area contributed by atoms with Crippen LogP contribution in [0.15, 0.2) is 29.3 Å². The quantitative estimate of drug-likeness (QED) is 0.402. The molecule has 3 aromatic rings. The van der Waals surface area contributed by atoms with E-state index in [-0.39, 0.29) is 22.9 Å². The van der Waals surface area contributed by atoms with Crippen LogP contribution in [0.3, 0.4) is 0 Å². The Morgan fingerprint density at radius 2 is 1.79 bits per heavy atom. The van der Waals surface area contributed by atoms with E-state index in [1.807, 2.05) is 12.1 Å². The van der Waals surface area contributed by atoms with Gasteiger partial charge in [-0.25, -0.2) is 14.7 Å². The number of nitrogens with one attached hydrogen (secondary N) is 2. The summed E-state index contributed by atoms with van der Waals surface area (Å²) in [6, 6.07) is 3.74. The predicted molar refractivity (Wildman–Crippen MR) is 150 cm³/mol. The van der Waals surface area contributed by atoms with Crippen LogP contribution in [0.5, 0.6) is 0 Å². The number of aryl methyl sites for hydroxylation is 1. The number of anilines is 3. The van der Waals surface area contributed by atoms with Crippen LogP contribution in [0.4, 0.5) is 17.5 Å². The maximum atomic E-state index is 13.4. The Balaban J connectivity index is 1.37. The van der Waals surface area contributed by atoms with E-state index < -0.39 is 10.2 Å². The molecular weight excluding hydrogens is 520 g/mol. The van der Waals surface area contributed by atoms with Gasteiger partial charge in [0.05, 0.1) is 17.4 Å². The van der Waals surface area contributed by atoms with Crippen LogP contribution < -0.4 is 20.5 Å². The number of fused-ring (bicyclic) bond motifs is 1. The highest BCUT2D eigenvalue weighted by molar-refractivity contribution is 7.87. The van der Waals surface area contributed by atoms with Crippen molar-refractivity contribution in [1.82, 2.24) is 28.5 Å². The number of ketones is 1. The van der Waals surface area contributed by atoms with Crippen molar-refractivity contribution in [2.24, 2.45) is 0 Å². The summed E-state index contributed by atoms with van der Waals surface area (Å²) in [5, 5.41) is 3.82. The van der Waals surface area contributed by atoms with E-state index >= 15 is 0 Å². The van der Waals surface area contributed by atoms with Crippen molar-refractivity contribution in [3.8, 4) is 0 Å². The molecule has 0 radical (unpaired) electrons. The van der Waals surface area contributed by atoms with Gasteiger partial charge in [-0.15, -0.1) is 0 Å².